The van der Waals surface area contributed by atoms with Gasteiger partial charge in [0.2, 0.25) is 0 Å². The quantitative estimate of drug-likeness (QED) is 0.819. The number of hydrogen-bond acceptors (Lipinski definition) is 4. The molecule has 4 atom stereocenters. The lowest BCUT2D eigenvalue weighted by Gasteiger charge is -2.42. The topological polar surface area (TPSA) is 59.0 Å². The van der Waals surface area contributed by atoms with E-state index in [0.29, 0.717) is 19.8 Å². The van der Waals surface area contributed by atoms with Gasteiger partial charge < -0.3 is 19.5 Å². The van der Waals surface area contributed by atoms with E-state index in [2.05, 4.69) is 0 Å². The average molecular weight is 283 g/mol. The zero-order valence-electron chi connectivity index (χ0n) is 12.0. The van der Waals surface area contributed by atoms with Crippen LogP contribution in [0.3, 0.4) is 0 Å². The molecule has 1 aliphatic carbocycles. The lowest BCUT2D eigenvalue weighted by Crippen LogP contribution is -2.54. The lowest BCUT2D eigenvalue weighted by molar-refractivity contribution is -0.163. The molecule has 3 aliphatic rings. The molecule has 4 unspecified atom stereocenters. The molecule has 0 aromatic rings. The molecule has 1 saturated carbocycles. The number of amides is 1. The number of aliphatic hydroxyl groups excluding tert-OH is 1. The van der Waals surface area contributed by atoms with Crippen molar-refractivity contribution in [1.82, 2.24) is 4.90 Å². The van der Waals surface area contributed by atoms with Gasteiger partial charge in [0.05, 0.1) is 25.9 Å². The standard InChI is InChI=1S/C15H25NO4/c17-13-6-3-4-11(13)12-5-1-2-7-16(12)15(18)14-10-19-8-9-20-14/h11-14,17H,1-10H2. The molecule has 0 aromatic carbocycles. The summed E-state index contributed by atoms with van der Waals surface area (Å²) in [5.41, 5.74) is 0. The molecular formula is C15H25NO4. The Morgan fingerprint density at radius 3 is 2.70 bits per heavy atom. The van der Waals surface area contributed by atoms with Crippen LogP contribution in [0, 0.1) is 5.92 Å². The number of nitrogens with zero attached hydrogens (tertiary/aromatic N) is 1. The predicted octanol–water partition coefficient (Wildman–Crippen LogP) is 0.944. The van der Waals surface area contributed by atoms with Crippen LogP contribution in [-0.2, 0) is 14.3 Å². The van der Waals surface area contributed by atoms with Crippen molar-refractivity contribution in [2.45, 2.75) is 56.8 Å². The fraction of sp³-hybridized carbons (Fsp3) is 0.933. The van der Waals surface area contributed by atoms with Crippen LogP contribution in [0.5, 0.6) is 0 Å². The van der Waals surface area contributed by atoms with Crippen molar-refractivity contribution in [2.75, 3.05) is 26.4 Å². The van der Waals surface area contributed by atoms with Crippen molar-refractivity contribution < 1.29 is 19.4 Å². The third-order valence-corrected chi connectivity index (χ3v) is 4.95. The van der Waals surface area contributed by atoms with Gasteiger partial charge in [-0.3, -0.25) is 4.79 Å². The Bertz CT molecular complexity index is 343. The number of aliphatic hydroxyl groups is 1. The number of likely N-dealkylation sites (tertiary alicyclic amines) is 1. The highest BCUT2D eigenvalue weighted by atomic mass is 16.6. The molecule has 0 spiro atoms. The SMILES string of the molecule is O=C(C1COCCO1)N1CCCCC1C1CCCC1O. The second kappa shape index (κ2) is 6.41. The minimum Gasteiger partial charge on any atom is -0.393 e. The molecule has 5 nitrogen and oxygen atoms in total. The molecule has 3 fully saturated rings. The van der Waals surface area contributed by atoms with Crippen molar-refractivity contribution in [3.05, 3.63) is 0 Å². The van der Waals surface area contributed by atoms with E-state index < -0.39 is 6.10 Å². The summed E-state index contributed by atoms with van der Waals surface area (Å²) in [6.45, 7) is 2.25. The second-order valence-corrected chi connectivity index (χ2v) is 6.19. The lowest BCUT2D eigenvalue weighted by atomic mass is 9.87. The Morgan fingerprint density at radius 2 is 2.00 bits per heavy atom. The normalized spacial score (nSPS) is 39.0. The van der Waals surface area contributed by atoms with Gasteiger partial charge in [0.1, 0.15) is 0 Å². The highest BCUT2D eigenvalue weighted by molar-refractivity contribution is 5.81. The Labute approximate surface area is 120 Å². The first-order chi connectivity index (χ1) is 9.77. The second-order valence-electron chi connectivity index (χ2n) is 6.19. The summed E-state index contributed by atoms with van der Waals surface area (Å²) in [5, 5.41) is 10.2. The Morgan fingerprint density at radius 1 is 1.10 bits per heavy atom. The van der Waals surface area contributed by atoms with E-state index in [0.717, 1.165) is 45.1 Å². The monoisotopic (exact) mass is 283 g/mol. The number of carbonyl (C=O) groups is 1. The van der Waals surface area contributed by atoms with Gasteiger partial charge in [-0.1, -0.05) is 6.42 Å². The summed E-state index contributed by atoms with van der Waals surface area (Å²) in [6, 6.07) is 0.194. The largest absolute Gasteiger partial charge is 0.393 e. The summed E-state index contributed by atoms with van der Waals surface area (Å²) in [5.74, 6) is 0.317. The van der Waals surface area contributed by atoms with Crippen LogP contribution < -0.4 is 0 Å². The van der Waals surface area contributed by atoms with Crippen molar-refractivity contribution >= 4 is 5.91 Å². The highest BCUT2D eigenvalue weighted by Crippen LogP contribution is 2.35. The number of rotatable bonds is 2. The van der Waals surface area contributed by atoms with E-state index >= 15 is 0 Å². The third-order valence-electron chi connectivity index (χ3n) is 4.95. The van der Waals surface area contributed by atoms with E-state index in [1.165, 1.54) is 0 Å². The van der Waals surface area contributed by atoms with Gasteiger partial charge in [-0.05, 0) is 32.1 Å². The summed E-state index contributed by atoms with van der Waals surface area (Å²) in [7, 11) is 0. The van der Waals surface area contributed by atoms with Gasteiger partial charge in [0, 0.05) is 18.5 Å². The maximum atomic E-state index is 12.7. The third kappa shape index (κ3) is 2.85. The zero-order valence-corrected chi connectivity index (χ0v) is 12.0. The predicted molar refractivity (Wildman–Crippen MR) is 73.3 cm³/mol. The maximum Gasteiger partial charge on any atom is 0.254 e. The molecule has 2 aliphatic heterocycles. The number of ether oxygens (including phenoxy) is 2. The van der Waals surface area contributed by atoms with Crippen LogP contribution in [0.2, 0.25) is 0 Å². The summed E-state index contributed by atoms with van der Waals surface area (Å²) >= 11 is 0. The summed E-state index contributed by atoms with van der Waals surface area (Å²) in [6.07, 6.45) is 5.54. The molecule has 0 aromatic heterocycles. The molecule has 2 heterocycles. The van der Waals surface area contributed by atoms with Gasteiger partial charge in [-0.2, -0.15) is 0 Å². The summed E-state index contributed by atoms with van der Waals surface area (Å²) < 4.78 is 10.9. The van der Waals surface area contributed by atoms with Crippen LogP contribution in [0.15, 0.2) is 0 Å². The van der Waals surface area contributed by atoms with Crippen LogP contribution >= 0.6 is 0 Å². The molecule has 114 valence electrons. The van der Waals surface area contributed by atoms with E-state index in [-0.39, 0.29) is 24.0 Å². The molecule has 0 radical (unpaired) electrons. The first kappa shape index (κ1) is 14.3. The molecular weight excluding hydrogens is 258 g/mol. The van der Waals surface area contributed by atoms with Crippen LogP contribution in [0.25, 0.3) is 0 Å². The smallest absolute Gasteiger partial charge is 0.254 e. The minimum absolute atomic E-state index is 0.0634. The van der Waals surface area contributed by atoms with Crippen LogP contribution in [0.4, 0.5) is 0 Å². The van der Waals surface area contributed by atoms with Crippen molar-refractivity contribution in [3.63, 3.8) is 0 Å². The first-order valence-corrected chi connectivity index (χ1v) is 7.95. The number of hydrogen-bond donors (Lipinski definition) is 1. The Balaban J connectivity index is 1.69. The molecule has 3 rings (SSSR count). The number of piperidine rings is 1. The van der Waals surface area contributed by atoms with E-state index in [9.17, 15) is 9.90 Å². The van der Waals surface area contributed by atoms with Crippen LogP contribution in [-0.4, -0.2) is 60.5 Å². The molecule has 2 saturated heterocycles. The van der Waals surface area contributed by atoms with Gasteiger partial charge in [0.15, 0.2) is 6.10 Å². The van der Waals surface area contributed by atoms with Crippen molar-refractivity contribution in [1.29, 1.82) is 0 Å². The maximum absolute atomic E-state index is 12.7. The van der Waals surface area contributed by atoms with Crippen molar-refractivity contribution in [3.8, 4) is 0 Å². The van der Waals surface area contributed by atoms with Gasteiger partial charge in [0.25, 0.3) is 5.91 Å². The van der Waals surface area contributed by atoms with E-state index in [1.54, 1.807) is 0 Å². The molecule has 0 bridgehead atoms. The number of carbonyl (C=O) groups excluding carboxylic acids is 1. The molecule has 5 heteroatoms. The van der Waals surface area contributed by atoms with E-state index in [4.69, 9.17) is 9.47 Å². The molecule has 1 N–H and O–H groups in total. The fourth-order valence-electron chi connectivity index (χ4n) is 3.91. The molecule has 1 amide bonds. The Kier molecular flexibility index (Phi) is 4.58. The minimum atomic E-state index is -0.442. The first-order valence-electron chi connectivity index (χ1n) is 7.95. The highest BCUT2D eigenvalue weighted by Gasteiger charge is 2.40. The molecule has 20 heavy (non-hydrogen) atoms. The summed E-state index contributed by atoms with van der Waals surface area (Å²) in [4.78, 5) is 14.6. The van der Waals surface area contributed by atoms with Gasteiger partial charge in [-0.15, -0.1) is 0 Å². The fourth-order valence-corrected chi connectivity index (χ4v) is 3.91. The van der Waals surface area contributed by atoms with Gasteiger partial charge in [-0.25, -0.2) is 0 Å². The van der Waals surface area contributed by atoms with Crippen molar-refractivity contribution in [2.24, 2.45) is 5.92 Å². The average Bonchev–Trinajstić information content (AvgIpc) is 2.93. The van der Waals surface area contributed by atoms with Crippen LogP contribution in [0.1, 0.15) is 38.5 Å². The van der Waals surface area contributed by atoms with Gasteiger partial charge >= 0.3 is 0 Å². The zero-order chi connectivity index (χ0) is 13.9. The Hall–Kier alpha value is -0.650. The van der Waals surface area contributed by atoms with E-state index in [1.807, 2.05) is 4.90 Å².